The monoisotopic (exact) mass is 404 g/mol. The lowest BCUT2D eigenvalue weighted by atomic mass is 10.00. The second kappa shape index (κ2) is 8.67. The first-order valence-electron chi connectivity index (χ1n) is 10.1. The molecule has 1 aliphatic rings. The largest absolute Gasteiger partial charge is 0.377 e. The summed E-state index contributed by atoms with van der Waals surface area (Å²) in [5.74, 6) is -0.299. The van der Waals surface area contributed by atoms with Gasteiger partial charge in [-0.1, -0.05) is 42.5 Å². The van der Waals surface area contributed by atoms with Crippen molar-refractivity contribution in [3.8, 4) is 11.1 Å². The molecule has 1 heterocycles. The van der Waals surface area contributed by atoms with E-state index in [-0.39, 0.29) is 17.8 Å². The number of benzene rings is 3. The number of nitrogens with zero attached hydrogens (tertiary/aromatic N) is 2. The van der Waals surface area contributed by atoms with Crippen LogP contribution in [-0.4, -0.2) is 44.6 Å². The molecule has 1 unspecified atom stereocenters. The molecular weight excluding hydrogens is 379 g/mol. The number of carbonyl (C=O) groups excluding carboxylic acids is 1. The summed E-state index contributed by atoms with van der Waals surface area (Å²) < 4.78 is 19.1. The Morgan fingerprint density at radius 3 is 2.57 bits per heavy atom. The standard InChI is InChI=1S/C25H25FN2O2/c1-27(2)23-9-4-3-8-22(23)19-6-5-7-20(16-19)25(29)28-14-15-30-24(17-28)18-10-12-21(26)13-11-18/h3-13,16,24H,14-15,17H2,1-2H3. The molecule has 3 aromatic rings. The fourth-order valence-electron chi connectivity index (χ4n) is 3.82. The molecular formula is C25H25FN2O2. The van der Waals surface area contributed by atoms with Crippen molar-refractivity contribution in [1.82, 2.24) is 4.90 Å². The molecule has 0 spiro atoms. The molecule has 1 fully saturated rings. The summed E-state index contributed by atoms with van der Waals surface area (Å²) in [4.78, 5) is 17.1. The predicted octanol–water partition coefficient (Wildman–Crippen LogP) is 4.77. The highest BCUT2D eigenvalue weighted by Crippen LogP contribution is 2.31. The number of anilines is 1. The van der Waals surface area contributed by atoms with Crippen LogP contribution in [0, 0.1) is 5.82 Å². The van der Waals surface area contributed by atoms with E-state index in [1.165, 1.54) is 12.1 Å². The maximum absolute atomic E-state index is 13.2. The van der Waals surface area contributed by atoms with E-state index in [9.17, 15) is 9.18 Å². The smallest absolute Gasteiger partial charge is 0.254 e. The number of morpholine rings is 1. The van der Waals surface area contributed by atoms with Gasteiger partial charge in [-0.25, -0.2) is 4.39 Å². The summed E-state index contributed by atoms with van der Waals surface area (Å²) in [7, 11) is 4.02. The fraction of sp³-hybridized carbons (Fsp3) is 0.240. The third-order valence-corrected chi connectivity index (χ3v) is 5.40. The van der Waals surface area contributed by atoms with Crippen LogP contribution in [0.4, 0.5) is 10.1 Å². The van der Waals surface area contributed by atoms with Gasteiger partial charge in [-0.2, -0.15) is 0 Å². The Kier molecular flexibility index (Phi) is 5.81. The summed E-state index contributed by atoms with van der Waals surface area (Å²) in [6, 6.07) is 22.2. The van der Waals surface area contributed by atoms with Crippen LogP contribution in [-0.2, 0) is 4.74 Å². The number of para-hydroxylation sites is 1. The van der Waals surface area contributed by atoms with Gasteiger partial charge in [0, 0.05) is 37.5 Å². The topological polar surface area (TPSA) is 32.8 Å². The van der Waals surface area contributed by atoms with Crippen LogP contribution in [0.2, 0.25) is 0 Å². The number of amides is 1. The molecule has 1 amide bonds. The third-order valence-electron chi connectivity index (χ3n) is 5.40. The van der Waals surface area contributed by atoms with E-state index in [2.05, 4.69) is 17.0 Å². The Morgan fingerprint density at radius 1 is 1.03 bits per heavy atom. The van der Waals surface area contributed by atoms with E-state index in [0.29, 0.717) is 25.3 Å². The van der Waals surface area contributed by atoms with Crippen LogP contribution < -0.4 is 4.90 Å². The van der Waals surface area contributed by atoms with Crippen LogP contribution in [0.25, 0.3) is 11.1 Å². The van der Waals surface area contributed by atoms with Gasteiger partial charge in [-0.05, 0) is 41.5 Å². The number of ether oxygens (including phenoxy) is 1. The summed E-state index contributed by atoms with van der Waals surface area (Å²) >= 11 is 0. The van der Waals surface area contributed by atoms with E-state index < -0.39 is 0 Å². The Bertz CT molecular complexity index is 1030. The number of hydrogen-bond acceptors (Lipinski definition) is 3. The van der Waals surface area contributed by atoms with E-state index in [1.54, 1.807) is 12.1 Å². The Morgan fingerprint density at radius 2 is 1.80 bits per heavy atom. The van der Waals surface area contributed by atoms with Crippen molar-refractivity contribution in [1.29, 1.82) is 0 Å². The average molecular weight is 404 g/mol. The molecule has 0 bridgehead atoms. The molecule has 0 aliphatic carbocycles. The normalized spacial score (nSPS) is 16.4. The highest BCUT2D eigenvalue weighted by Gasteiger charge is 2.26. The Balaban J connectivity index is 1.57. The van der Waals surface area contributed by atoms with Crippen molar-refractivity contribution in [2.45, 2.75) is 6.10 Å². The predicted molar refractivity (Wildman–Crippen MR) is 117 cm³/mol. The van der Waals surface area contributed by atoms with Crippen LogP contribution in [0.5, 0.6) is 0 Å². The second-order valence-electron chi connectivity index (χ2n) is 7.65. The van der Waals surface area contributed by atoms with E-state index in [0.717, 1.165) is 22.4 Å². The van der Waals surface area contributed by atoms with Gasteiger partial charge in [0.05, 0.1) is 13.2 Å². The number of carbonyl (C=O) groups is 1. The van der Waals surface area contributed by atoms with Gasteiger partial charge >= 0.3 is 0 Å². The maximum Gasteiger partial charge on any atom is 0.254 e. The van der Waals surface area contributed by atoms with Crippen molar-refractivity contribution in [3.05, 3.63) is 89.7 Å². The first-order chi connectivity index (χ1) is 14.5. The van der Waals surface area contributed by atoms with Gasteiger partial charge in [0.25, 0.3) is 5.91 Å². The minimum atomic E-state index is -0.280. The third kappa shape index (κ3) is 4.21. The minimum Gasteiger partial charge on any atom is -0.377 e. The first kappa shape index (κ1) is 20.1. The molecule has 1 atom stereocenters. The van der Waals surface area contributed by atoms with Crippen molar-refractivity contribution in [2.24, 2.45) is 0 Å². The molecule has 4 nitrogen and oxygen atoms in total. The molecule has 1 aliphatic heterocycles. The van der Waals surface area contributed by atoms with Gasteiger partial charge in [-0.3, -0.25) is 4.79 Å². The Labute approximate surface area is 176 Å². The zero-order valence-electron chi connectivity index (χ0n) is 17.2. The summed E-state index contributed by atoms with van der Waals surface area (Å²) in [6.07, 6.45) is -0.249. The van der Waals surface area contributed by atoms with Crippen molar-refractivity contribution >= 4 is 11.6 Å². The molecule has 4 rings (SSSR count). The molecule has 30 heavy (non-hydrogen) atoms. The van der Waals surface area contributed by atoms with Gasteiger partial charge in [-0.15, -0.1) is 0 Å². The first-order valence-corrected chi connectivity index (χ1v) is 10.1. The van der Waals surface area contributed by atoms with E-state index in [4.69, 9.17) is 4.74 Å². The SMILES string of the molecule is CN(C)c1ccccc1-c1cccc(C(=O)N2CCOC(c3ccc(F)cc3)C2)c1. The van der Waals surface area contributed by atoms with Gasteiger partial charge in [0.1, 0.15) is 11.9 Å². The molecule has 0 radical (unpaired) electrons. The fourth-order valence-corrected chi connectivity index (χ4v) is 3.82. The Hall–Kier alpha value is -3.18. The lowest BCUT2D eigenvalue weighted by molar-refractivity contribution is -0.0228. The number of rotatable bonds is 4. The average Bonchev–Trinajstić information content (AvgIpc) is 2.79. The zero-order valence-corrected chi connectivity index (χ0v) is 17.2. The summed E-state index contributed by atoms with van der Waals surface area (Å²) in [6.45, 7) is 1.44. The highest BCUT2D eigenvalue weighted by atomic mass is 19.1. The molecule has 3 aromatic carbocycles. The van der Waals surface area contributed by atoms with Crippen molar-refractivity contribution < 1.29 is 13.9 Å². The molecule has 154 valence electrons. The minimum absolute atomic E-state index is 0.0189. The lowest BCUT2D eigenvalue weighted by Crippen LogP contribution is -2.42. The molecule has 0 saturated carbocycles. The van der Waals surface area contributed by atoms with Crippen LogP contribution in [0.15, 0.2) is 72.8 Å². The van der Waals surface area contributed by atoms with Crippen LogP contribution in [0.3, 0.4) is 0 Å². The van der Waals surface area contributed by atoms with Gasteiger partial charge < -0.3 is 14.5 Å². The summed E-state index contributed by atoms with van der Waals surface area (Å²) in [5, 5.41) is 0. The van der Waals surface area contributed by atoms with E-state index >= 15 is 0 Å². The van der Waals surface area contributed by atoms with Crippen LogP contribution >= 0.6 is 0 Å². The molecule has 0 N–H and O–H groups in total. The highest BCUT2D eigenvalue weighted by molar-refractivity contribution is 5.96. The molecule has 1 saturated heterocycles. The number of halogens is 1. The van der Waals surface area contributed by atoms with Gasteiger partial charge in [0.15, 0.2) is 0 Å². The quantitative estimate of drug-likeness (QED) is 0.628. The summed E-state index contributed by atoms with van der Waals surface area (Å²) in [5.41, 5.74) is 4.73. The van der Waals surface area contributed by atoms with Crippen molar-refractivity contribution in [2.75, 3.05) is 38.7 Å². The molecule has 0 aromatic heterocycles. The van der Waals surface area contributed by atoms with E-state index in [1.807, 2.05) is 55.4 Å². The molecule has 5 heteroatoms. The maximum atomic E-state index is 13.2. The number of hydrogen-bond donors (Lipinski definition) is 0. The zero-order chi connectivity index (χ0) is 21.1. The van der Waals surface area contributed by atoms with Crippen molar-refractivity contribution in [3.63, 3.8) is 0 Å². The second-order valence-corrected chi connectivity index (χ2v) is 7.65. The van der Waals surface area contributed by atoms with Gasteiger partial charge in [0.2, 0.25) is 0 Å². The lowest BCUT2D eigenvalue weighted by Gasteiger charge is -2.33. The van der Waals surface area contributed by atoms with Crippen LogP contribution in [0.1, 0.15) is 22.0 Å².